The monoisotopic (exact) mass is 283 g/mol. The maximum absolute atomic E-state index is 11.9. The van der Waals surface area contributed by atoms with Crippen LogP contribution in [0.4, 0.5) is 5.69 Å². The number of benzene rings is 1. The number of anilines is 1. The highest BCUT2D eigenvalue weighted by atomic mass is 32.2. The minimum absolute atomic E-state index is 0.105. The van der Waals surface area contributed by atoms with Crippen LogP contribution in [0.15, 0.2) is 23.1 Å². The number of carbonyl (C=O) groups excluding carboxylic acids is 1. The second-order valence-electron chi connectivity index (χ2n) is 6.03. The summed E-state index contributed by atoms with van der Waals surface area (Å²) in [5.41, 5.74) is 1.29. The Morgan fingerprint density at radius 1 is 1.26 bits per heavy atom. The first-order chi connectivity index (χ1) is 8.49. The van der Waals surface area contributed by atoms with Crippen molar-refractivity contribution in [2.24, 2.45) is 5.41 Å². The Bertz CT molecular complexity index is 583. The number of aryl methyl sites for hydroxylation is 1. The molecule has 0 heterocycles. The van der Waals surface area contributed by atoms with Crippen molar-refractivity contribution in [3.8, 4) is 0 Å². The lowest BCUT2D eigenvalue weighted by Crippen LogP contribution is -2.20. The van der Waals surface area contributed by atoms with Gasteiger partial charge in [-0.3, -0.25) is 4.79 Å². The number of hydrogen-bond acceptors (Lipinski definition) is 3. The van der Waals surface area contributed by atoms with Gasteiger partial charge >= 0.3 is 0 Å². The molecule has 1 rings (SSSR count). The summed E-state index contributed by atoms with van der Waals surface area (Å²) in [6, 6.07) is 4.75. The van der Waals surface area contributed by atoms with E-state index in [1.165, 1.54) is 6.07 Å². The van der Waals surface area contributed by atoms with Crippen LogP contribution in [0.2, 0.25) is 0 Å². The third kappa shape index (κ3) is 5.03. The molecule has 1 aromatic rings. The summed E-state index contributed by atoms with van der Waals surface area (Å²) in [4.78, 5) is 12.1. The molecule has 0 saturated carbocycles. The molecule has 0 bridgehead atoms. The number of rotatable bonds is 3. The van der Waals surface area contributed by atoms with Gasteiger partial charge in [-0.15, -0.1) is 0 Å². The molecule has 0 saturated heterocycles. The summed E-state index contributed by atoms with van der Waals surface area (Å²) in [5.74, 6) is -0.110. The number of sulfone groups is 1. The van der Waals surface area contributed by atoms with Crippen LogP contribution in [0.1, 0.15) is 32.8 Å². The molecule has 1 aromatic carbocycles. The summed E-state index contributed by atoms with van der Waals surface area (Å²) >= 11 is 0. The van der Waals surface area contributed by atoms with Gasteiger partial charge in [-0.05, 0) is 30.0 Å². The van der Waals surface area contributed by atoms with E-state index < -0.39 is 9.84 Å². The average molecular weight is 283 g/mol. The van der Waals surface area contributed by atoms with Gasteiger partial charge in [0.1, 0.15) is 0 Å². The van der Waals surface area contributed by atoms with E-state index in [4.69, 9.17) is 0 Å². The molecule has 0 radical (unpaired) electrons. The van der Waals surface area contributed by atoms with Crippen LogP contribution in [0, 0.1) is 12.3 Å². The zero-order valence-corrected chi connectivity index (χ0v) is 12.9. The Hall–Kier alpha value is -1.36. The quantitative estimate of drug-likeness (QED) is 0.927. The Kier molecular flexibility index (Phi) is 4.40. The van der Waals surface area contributed by atoms with Gasteiger partial charge in [0.25, 0.3) is 0 Å². The summed E-state index contributed by atoms with van der Waals surface area (Å²) in [7, 11) is -3.26. The van der Waals surface area contributed by atoms with Gasteiger partial charge in [0.15, 0.2) is 9.84 Å². The van der Waals surface area contributed by atoms with Gasteiger partial charge in [0, 0.05) is 18.4 Å². The van der Waals surface area contributed by atoms with Crippen LogP contribution >= 0.6 is 0 Å². The Morgan fingerprint density at radius 2 is 1.84 bits per heavy atom. The van der Waals surface area contributed by atoms with E-state index in [2.05, 4.69) is 5.32 Å². The summed E-state index contributed by atoms with van der Waals surface area (Å²) in [6.07, 6.45) is 1.54. The predicted octanol–water partition coefficient (Wildman–Crippen LogP) is 2.77. The fourth-order valence-electron chi connectivity index (χ4n) is 1.64. The minimum Gasteiger partial charge on any atom is -0.326 e. The highest BCUT2D eigenvalue weighted by Gasteiger charge is 2.17. The van der Waals surface area contributed by atoms with E-state index in [9.17, 15) is 13.2 Å². The van der Waals surface area contributed by atoms with Gasteiger partial charge < -0.3 is 5.32 Å². The first kappa shape index (κ1) is 15.7. The van der Waals surface area contributed by atoms with Crippen molar-refractivity contribution in [1.82, 2.24) is 0 Å². The SMILES string of the molecule is Cc1ccc(S(C)(=O)=O)cc1NC(=O)CC(C)(C)C. The Labute approximate surface area is 115 Å². The van der Waals surface area contributed by atoms with Crippen molar-refractivity contribution < 1.29 is 13.2 Å². The lowest BCUT2D eigenvalue weighted by atomic mass is 9.92. The minimum atomic E-state index is -3.26. The molecule has 0 fully saturated rings. The highest BCUT2D eigenvalue weighted by Crippen LogP contribution is 2.23. The largest absolute Gasteiger partial charge is 0.326 e. The van der Waals surface area contributed by atoms with Crippen LogP contribution in [-0.2, 0) is 14.6 Å². The van der Waals surface area contributed by atoms with E-state index in [0.717, 1.165) is 11.8 Å². The first-order valence-corrected chi connectivity index (χ1v) is 7.99. The van der Waals surface area contributed by atoms with Gasteiger partial charge in [-0.25, -0.2) is 8.42 Å². The summed E-state index contributed by atoms with van der Waals surface area (Å²) in [5, 5.41) is 2.78. The smallest absolute Gasteiger partial charge is 0.224 e. The number of nitrogens with one attached hydrogen (secondary N) is 1. The Balaban J connectivity index is 2.99. The van der Waals surface area contributed by atoms with Crippen molar-refractivity contribution in [2.45, 2.75) is 39.0 Å². The molecule has 0 unspecified atom stereocenters. The molecule has 0 aliphatic rings. The number of carbonyl (C=O) groups is 1. The molecule has 4 nitrogen and oxygen atoms in total. The Morgan fingerprint density at radius 3 is 2.32 bits per heavy atom. The summed E-state index contributed by atoms with van der Waals surface area (Å²) < 4.78 is 23.0. The fraction of sp³-hybridized carbons (Fsp3) is 0.500. The molecule has 1 N–H and O–H groups in total. The molecular formula is C14H21NO3S. The maximum Gasteiger partial charge on any atom is 0.224 e. The molecule has 106 valence electrons. The van der Waals surface area contributed by atoms with Crippen molar-refractivity contribution in [3.63, 3.8) is 0 Å². The van der Waals surface area contributed by atoms with Crippen LogP contribution in [-0.4, -0.2) is 20.6 Å². The van der Waals surface area contributed by atoms with Crippen LogP contribution in [0.3, 0.4) is 0 Å². The zero-order valence-electron chi connectivity index (χ0n) is 12.1. The second-order valence-corrected chi connectivity index (χ2v) is 8.05. The summed E-state index contributed by atoms with van der Waals surface area (Å²) in [6.45, 7) is 7.77. The fourth-order valence-corrected chi connectivity index (χ4v) is 2.29. The van der Waals surface area contributed by atoms with Crippen LogP contribution in [0.5, 0.6) is 0 Å². The lowest BCUT2D eigenvalue weighted by Gasteiger charge is -2.18. The number of hydrogen-bond donors (Lipinski definition) is 1. The zero-order chi connectivity index (χ0) is 14.8. The second kappa shape index (κ2) is 5.33. The van der Waals surface area contributed by atoms with Gasteiger partial charge in [0.2, 0.25) is 5.91 Å². The first-order valence-electron chi connectivity index (χ1n) is 6.09. The van der Waals surface area contributed by atoms with Crippen molar-refractivity contribution in [1.29, 1.82) is 0 Å². The maximum atomic E-state index is 11.9. The molecule has 1 amide bonds. The topological polar surface area (TPSA) is 63.2 Å². The van der Waals surface area contributed by atoms with Crippen molar-refractivity contribution >= 4 is 21.4 Å². The molecule has 19 heavy (non-hydrogen) atoms. The third-order valence-electron chi connectivity index (χ3n) is 2.60. The molecule has 0 aromatic heterocycles. The molecule has 0 atom stereocenters. The molecule has 0 spiro atoms. The average Bonchev–Trinajstić information content (AvgIpc) is 2.16. The van der Waals surface area contributed by atoms with Crippen molar-refractivity contribution in [2.75, 3.05) is 11.6 Å². The van der Waals surface area contributed by atoms with E-state index >= 15 is 0 Å². The number of amides is 1. The van der Waals surface area contributed by atoms with Gasteiger partial charge in [0.05, 0.1) is 4.90 Å². The van der Waals surface area contributed by atoms with E-state index in [0.29, 0.717) is 12.1 Å². The van der Waals surface area contributed by atoms with Gasteiger partial charge in [-0.2, -0.15) is 0 Å². The predicted molar refractivity (Wildman–Crippen MR) is 77.0 cm³/mol. The van der Waals surface area contributed by atoms with E-state index in [1.54, 1.807) is 12.1 Å². The molecule has 0 aliphatic carbocycles. The molecule has 0 aliphatic heterocycles. The normalized spacial score (nSPS) is 12.3. The van der Waals surface area contributed by atoms with E-state index in [-0.39, 0.29) is 16.2 Å². The van der Waals surface area contributed by atoms with Crippen LogP contribution in [0.25, 0.3) is 0 Å². The lowest BCUT2D eigenvalue weighted by molar-refractivity contribution is -0.117. The van der Waals surface area contributed by atoms with Crippen molar-refractivity contribution in [3.05, 3.63) is 23.8 Å². The van der Waals surface area contributed by atoms with Gasteiger partial charge in [-0.1, -0.05) is 26.8 Å². The highest BCUT2D eigenvalue weighted by molar-refractivity contribution is 7.90. The third-order valence-corrected chi connectivity index (χ3v) is 3.71. The van der Waals surface area contributed by atoms with E-state index in [1.807, 2.05) is 27.7 Å². The van der Waals surface area contributed by atoms with Crippen LogP contribution < -0.4 is 5.32 Å². The molecule has 5 heteroatoms. The standard InChI is InChI=1S/C14H21NO3S/c1-10-6-7-11(19(5,17)18)8-12(10)15-13(16)9-14(2,3)4/h6-8H,9H2,1-5H3,(H,15,16). The molecular weight excluding hydrogens is 262 g/mol.